The first-order valence-corrected chi connectivity index (χ1v) is 5.79. The number of aliphatic hydroxyl groups excluding tert-OH is 3. The van der Waals surface area contributed by atoms with Gasteiger partial charge in [0.1, 0.15) is 12.3 Å². The molecule has 0 bridgehead atoms. The summed E-state index contributed by atoms with van der Waals surface area (Å²) in [6, 6.07) is 0. The second-order valence-electron chi connectivity index (χ2n) is 4.26. The van der Waals surface area contributed by atoms with E-state index in [1.807, 2.05) is 21.1 Å². The molecule has 0 aromatic rings. The maximum atomic E-state index is 11.4. The molecule has 84 valence electrons. The van der Waals surface area contributed by atoms with Crippen LogP contribution in [-0.4, -0.2) is 71.8 Å². The number of nitrogens with zero attached hydrogens (tertiary/aromatic N) is 1. The van der Waals surface area contributed by atoms with E-state index in [0.717, 1.165) is 0 Å². The molecule has 2 atom stereocenters. The number of quaternary nitrogens is 1. The van der Waals surface area contributed by atoms with Gasteiger partial charge in [0.05, 0.1) is 35.5 Å². The zero-order valence-electron chi connectivity index (χ0n) is 8.84. The molecule has 0 aliphatic heterocycles. The first-order chi connectivity index (χ1) is 6.26. The van der Waals surface area contributed by atoms with Crippen molar-refractivity contribution >= 4 is 13.3 Å². The lowest BCUT2D eigenvalue weighted by Crippen LogP contribution is -2.40. The van der Waals surface area contributed by atoms with E-state index < -0.39 is 20.5 Å². The standard InChI is InChI=1S/C8H18NO4P/c1-9(2,3)4-8(12)14(13)6-7(11)5-10/h7,10-11H,4-6H2,1-3H3/p+1. The fraction of sp³-hybridized carbons (Fsp3) is 0.875. The van der Waals surface area contributed by atoms with Crippen LogP contribution in [0.25, 0.3) is 0 Å². The summed E-state index contributed by atoms with van der Waals surface area (Å²) < 4.78 is 0.474. The molecule has 0 saturated carbocycles. The van der Waals surface area contributed by atoms with Gasteiger partial charge in [-0.25, -0.2) is 0 Å². The Kier molecular flexibility index (Phi) is 5.74. The van der Waals surface area contributed by atoms with E-state index in [0.29, 0.717) is 4.48 Å². The molecule has 14 heavy (non-hydrogen) atoms. The summed E-state index contributed by atoms with van der Waals surface area (Å²) >= 11 is 0. The highest BCUT2D eigenvalue weighted by molar-refractivity contribution is 7.51. The SMILES string of the molecule is C[N+](C)(C)C/C(O)=[P+](\[O-])CC(O)CO. The average Bonchev–Trinajstić information content (AvgIpc) is 2.00. The zero-order valence-corrected chi connectivity index (χ0v) is 9.74. The van der Waals surface area contributed by atoms with Gasteiger partial charge in [0.25, 0.3) is 5.48 Å². The Morgan fingerprint density at radius 3 is 2.29 bits per heavy atom. The summed E-state index contributed by atoms with van der Waals surface area (Å²) in [4.78, 5) is 11.4. The number of rotatable bonds is 5. The summed E-state index contributed by atoms with van der Waals surface area (Å²) in [5, 5.41) is 27.0. The third kappa shape index (κ3) is 6.43. The normalized spacial score (nSPS) is 16.5. The van der Waals surface area contributed by atoms with E-state index in [4.69, 9.17) is 10.2 Å². The van der Waals surface area contributed by atoms with E-state index in [9.17, 15) is 10.00 Å². The van der Waals surface area contributed by atoms with Gasteiger partial charge in [-0.2, -0.15) is 0 Å². The minimum absolute atomic E-state index is 0.0856. The van der Waals surface area contributed by atoms with Crippen LogP contribution in [0.4, 0.5) is 0 Å². The Bertz CT molecular complexity index is 212. The van der Waals surface area contributed by atoms with Crippen molar-refractivity contribution in [2.45, 2.75) is 6.10 Å². The second kappa shape index (κ2) is 5.75. The van der Waals surface area contributed by atoms with Crippen LogP contribution in [0.15, 0.2) is 0 Å². The number of hydrogen-bond donors (Lipinski definition) is 3. The van der Waals surface area contributed by atoms with Gasteiger partial charge in [-0.3, -0.25) is 0 Å². The number of likely N-dealkylation sites (N-methyl/N-ethyl adjacent to an activating group) is 1. The molecular formula is C8H19NO4P+. The van der Waals surface area contributed by atoms with Gasteiger partial charge in [-0.15, -0.1) is 0 Å². The topological polar surface area (TPSA) is 83.8 Å². The molecule has 0 heterocycles. The van der Waals surface area contributed by atoms with Gasteiger partial charge in [0, 0.05) is 0 Å². The van der Waals surface area contributed by atoms with Crippen LogP contribution in [0.5, 0.6) is 0 Å². The molecule has 0 aliphatic rings. The van der Waals surface area contributed by atoms with Crippen molar-refractivity contribution in [3.63, 3.8) is 0 Å². The summed E-state index contributed by atoms with van der Waals surface area (Å²) in [7, 11) is 3.63. The van der Waals surface area contributed by atoms with Gasteiger partial charge >= 0.3 is 0 Å². The van der Waals surface area contributed by atoms with Crippen LogP contribution in [0.1, 0.15) is 0 Å². The molecule has 3 N–H and O–H groups in total. The molecule has 0 amide bonds. The van der Waals surface area contributed by atoms with Crippen molar-refractivity contribution in [2.24, 2.45) is 0 Å². The lowest BCUT2D eigenvalue weighted by atomic mass is 10.4. The summed E-state index contributed by atoms with van der Waals surface area (Å²) in [6.45, 7) is -0.147. The molecular weight excluding hydrogens is 205 g/mol. The molecule has 0 fully saturated rings. The lowest BCUT2D eigenvalue weighted by molar-refractivity contribution is -0.861. The third-order valence-corrected chi connectivity index (χ3v) is 2.96. The van der Waals surface area contributed by atoms with Gasteiger partial charge in [-0.1, -0.05) is 0 Å². The van der Waals surface area contributed by atoms with E-state index >= 15 is 0 Å². The predicted molar refractivity (Wildman–Crippen MR) is 54.7 cm³/mol. The van der Waals surface area contributed by atoms with Crippen molar-refractivity contribution < 1.29 is 24.7 Å². The van der Waals surface area contributed by atoms with Gasteiger partial charge in [-0.05, 0) is 0 Å². The van der Waals surface area contributed by atoms with Crippen molar-refractivity contribution in [3.8, 4) is 0 Å². The Morgan fingerprint density at radius 1 is 1.43 bits per heavy atom. The lowest BCUT2D eigenvalue weighted by Gasteiger charge is -2.22. The molecule has 0 saturated heterocycles. The van der Waals surface area contributed by atoms with Crippen LogP contribution in [0, 0.1) is 0 Å². The van der Waals surface area contributed by atoms with Crippen LogP contribution in [0.2, 0.25) is 0 Å². The quantitative estimate of drug-likeness (QED) is 0.384. The molecule has 0 spiro atoms. The third-order valence-electron chi connectivity index (χ3n) is 1.49. The Morgan fingerprint density at radius 2 is 1.93 bits per heavy atom. The monoisotopic (exact) mass is 224 g/mol. The molecule has 2 unspecified atom stereocenters. The Hall–Kier alpha value is -0.0300. The van der Waals surface area contributed by atoms with Crippen LogP contribution < -0.4 is 4.89 Å². The first kappa shape index (κ1) is 14.0. The molecule has 0 aromatic carbocycles. The van der Waals surface area contributed by atoms with E-state index in [1.165, 1.54) is 0 Å². The highest BCUT2D eigenvalue weighted by Crippen LogP contribution is 2.15. The predicted octanol–water partition coefficient (Wildman–Crippen LogP) is -1.69. The Labute approximate surface area is 85.3 Å². The van der Waals surface area contributed by atoms with E-state index in [1.54, 1.807) is 0 Å². The van der Waals surface area contributed by atoms with Crippen molar-refractivity contribution in [2.75, 3.05) is 40.5 Å². The minimum atomic E-state index is -1.95. The Balaban J connectivity index is 4.29. The number of aliphatic hydroxyl groups is 3. The highest BCUT2D eigenvalue weighted by atomic mass is 31.1. The van der Waals surface area contributed by atoms with Crippen molar-refractivity contribution in [3.05, 3.63) is 0 Å². The maximum absolute atomic E-state index is 11.4. The van der Waals surface area contributed by atoms with E-state index in [-0.39, 0.29) is 18.2 Å². The highest BCUT2D eigenvalue weighted by Gasteiger charge is 2.19. The molecule has 0 radical (unpaired) electrons. The smallest absolute Gasteiger partial charge is 0.274 e. The largest absolute Gasteiger partial charge is 0.628 e. The summed E-state index contributed by atoms with van der Waals surface area (Å²) in [5.74, 6) is 0. The minimum Gasteiger partial charge on any atom is -0.628 e. The molecule has 6 heteroatoms. The fourth-order valence-electron chi connectivity index (χ4n) is 0.858. The van der Waals surface area contributed by atoms with E-state index in [2.05, 4.69) is 0 Å². The summed E-state index contributed by atoms with van der Waals surface area (Å²) in [5.41, 5.74) is -0.111. The zero-order chi connectivity index (χ0) is 11.4. The number of hydrogen-bond acceptors (Lipinski definition) is 3. The van der Waals surface area contributed by atoms with Crippen LogP contribution in [-0.2, 0) is 0 Å². The molecule has 0 aromatic heterocycles. The maximum Gasteiger partial charge on any atom is 0.274 e. The van der Waals surface area contributed by atoms with Crippen LogP contribution >= 0.6 is 7.77 Å². The first-order valence-electron chi connectivity index (χ1n) is 4.35. The average molecular weight is 224 g/mol. The summed E-state index contributed by atoms with van der Waals surface area (Å²) in [6.07, 6.45) is -1.11. The fourth-order valence-corrected chi connectivity index (χ4v) is 2.15. The van der Waals surface area contributed by atoms with Crippen molar-refractivity contribution in [1.82, 2.24) is 0 Å². The molecule has 0 aliphatic carbocycles. The van der Waals surface area contributed by atoms with Crippen molar-refractivity contribution in [1.29, 1.82) is 0 Å². The second-order valence-corrected chi connectivity index (χ2v) is 5.90. The van der Waals surface area contributed by atoms with Gasteiger partial charge in [0.15, 0.2) is 6.54 Å². The van der Waals surface area contributed by atoms with Crippen LogP contribution in [0.3, 0.4) is 0 Å². The molecule has 5 nitrogen and oxygen atoms in total. The van der Waals surface area contributed by atoms with Gasteiger partial charge in [0.2, 0.25) is 0 Å². The molecule has 0 rings (SSSR count). The van der Waals surface area contributed by atoms with Gasteiger partial charge < -0.3 is 24.7 Å².